The molecule has 0 bridgehead atoms. The third-order valence-corrected chi connectivity index (χ3v) is 0.907. The van der Waals surface area contributed by atoms with Crippen LogP contribution in [-0.2, 0) is 14.4 Å². The number of rotatable bonds is 3. The van der Waals surface area contributed by atoms with E-state index in [4.69, 9.17) is 15.3 Å². The van der Waals surface area contributed by atoms with Crippen molar-refractivity contribution in [1.82, 2.24) is 0 Å². The van der Waals surface area contributed by atoms with Crippen LogP contribution in [0.1, 0.15) is 40.0 Å². The number of carbonyl (C=O) groups is 3. The standard InChI is InChI=1S/3C3H6O2.CH3.Sn.H/c3*1-2-3(4)5;;;/h3*2H2,1H3,(H,4,5);1H3;;. The van der Waals surface area contributed by atoms with E-state index in [-0.39, 0.29) is 19.3 Å². The average molecular weight is 357 g/mol. The summed E-state index contributed by atoms with van der Waals surface area (Å²) in [6, 6.07) is 0. The van der Waals surface area contributed by atoms with Gasteiger partial charge in [-0.15, -0.1) is 0 Å². The van der Waals surface area contributed by atoms with E-state index in [2.05, 4.69) is 4.94 Å². The Morgan fingerprint density at radius 2 is 0.765 bits per heavy atom. The van der Waals surface area contributed by atoms with Gasteiger partial charge in [0.15, 0.2) is 0 Å². The fourth-order valence-electron chi connectivity index (χ4n) is 0. The van der Waals surface area contributed by atoms with Gasteiger partial charge in [-0.25, -0.2) is 0 Å². The third kappa shape index (κ3) is 97.8. The van der Waals surface area contributed by atoms with Crippen molar-refractivity contribution in [2.75, 3.05) is 0 Å². The molecular weight excluding hydrogens is 335 g/mol. The van der Waals surface area contributed by atoms with Crippen LogP contribution < -0.4 is 0 Å². The van der Waals surface area contributed by atoms with Crippen molar-refractivity contribution in [3.05, 3.63) is 0 Å². The van der Waals surface area contributed by atoms with E-state index in [1.54, 1.807) is 20.8 Å². The predicted octanol–water partition coefficient (Wildman–Crippen LogP) is 1.38. The molecule has 0 saturated heterocycles. The van der Waals surface area contributed by atoms with Gasteiger partial charge in [-0.05, 0) is 0 Å². The topological polar surface area (TPSA) is 112 Å². The molecule has 0 aliphatic heterocycles. The van der Waals surface area contributed by atoms with E-state index >= 15 is 0 Å². The van der Waals surface area contributed by atoms with Crippen LogP contribution >= 0.6 is 0 Å². The first-order chi connectivity index (χ1) is 7.81. The van der Waals surface area contributed by atoms with E-state index in [9.17, 15) is 14.4 Å². The van der Waals surface area contributed by atoms with E-state index in [1.807, 2.05) is 0 Å². The summed E-state index contributed by atoms with van der Waals surface area (Å²) in [6.45, 7) is 4.80. The van der Waals surface area contributed by atoms with Crippen molar-refractivity contribution in [1.29, 1.82) is 0 Å². The minimum absolute atomic E-state index is 0.222. The third-order valence-electron chi connectivity index (χ3n) is 0.907. The van der Waals surface area contributed by atoms with Crippen LogP contribution in [0.15, 0.2) is 0 Å². The summed E-state index contributed by atoms with van der Waals surface area (Å²) < 4.78 is 0. The first-order valence-electron chi connectivity index (χ1n) is 5.04. The predicted molar refractivity (Wildman–Crippen MR) is 66.8 cm³/mol. The quantitative estimate of drug-likeness (QED) is 0.658. The number of carboxylic acids is 3. The van der Waals surface area contributed by atoms with Gasteiger partial charge in [0, 0.05) is 19.3 Å². The average Bonchev–Trinajstić information content (AvgIpc) is 2.32. The van der Waals surface area contributed by atoms with Gasteiger partial charge < -0.3 is 15.3 Å². The number of carboxylic acid groups (broad SMARTS) is 3. The summed E-state index contributed by atoms with van der Waals surface area (Å²) in [5, 5.41) is 23.2. The van der Waals surface area contributed by atoms with Gasteiger partial charge in [0.2, 0.25) is 0 Å². The van der Waals surface area contributed by atoms with E-state index in [1.165, 1.54) is 22.5 Å². The molecule has 0 aliphatic carbocycles. The normalized spacial score (nSPS) is 6.88. The summed E-state index contributed by atoms with van der Waals surface area (Å²) in [7, 11) is 0. The zero-order chi connectivity index (χ0) is 14.9. The van der Waals surface area contributed by atoms with Crippen LogP contribution in [0.2, 0.25) is 4.94 Å². The summed E-state index contributed by atoms with van der Waals surface area (Å²) in [4.78, 5) is 30.2. The second-order valence-corrected chi connectivity index (χ2v) is 2.24. The van der Waals surface area contributed by atoms with E-state index < -0.39 is 17.9 Å². The molecule has 7 heteroatoms. The molecule has 3 N–H and O–H groups in total. The molecule has 0 amide bonds. The Hall–Kier alpha value is -0.791. The molecule has 0 rings (SSSR count). The van der Waals surface area contributed by atoms with Crippen LogP contribution in [0.3, 0.4) is 0 Å². The van der Waals surface area contributed by atoms with Gasteiger partial charge in [0.25, 0.3) is 0 Å². The fraction of sp³-hybridized carbons (Fsp3) is 0.700. The Kier molecular flexibility index (Phi) is 36.2. The molecule has 0 aliphatic rings. The second-order valence-electron chi connectivity index (χ2n) is 2.24. The summed E-state index contributed by atoms with van der Waals surface area (Å²) in [5.74, 6) is -2.24. The van der Waals surface area contributed by atoms with Gasteiger partial charge in [0.05, 0.1) is 0 Å². The van der Waals surface area contributed by atoms with Gasteiger partial charge in [-0.2, -0.15) is 0 Å². The number of hydrogen-bond acceptors (Lipinski definition) is 3. The second kappa shape index (κ2) is 24.4. The van der Waals surface area contributed by atoms with Crippen molar-refractivity contribution in [2.45, 2.75) is 45.0 Å². The van der Waals surface area contributed by atoms with E-state index in [0.717, 1.165) is 0 Å². The van der Waals surface area contributed by atoms with Gasteiger partial charge in [0.1, 0.15) is 0 Å². The molecule has 17 heavy (non-hydrogen) atoms. The number of aliphatic carboxylic acids is 3. The Morgan fingerprint density at radius 3 is 0.765 bits per heavy atom. The van der Waals surface area contributed by atoms with Crippen molar-refractivity contribution >= 4 is 40.4 Å². The van der Waals surface area contributed by atoms with Crippen molar-refractivity contribution in [2.24, 2.45) is 0 Å². The zero-order valence-corrected chi connectivity index (χ0v) is 14.1. The molecule has 0 aromatic heterocycles. The van der Waals surface area contributed by atoms with Crippen molar-refractivity contribution < 1.29 is 29.7 Å². The Bertz CT molecular complexity index is 160. The molecule has 0 atom stereocenters. The molecule has 2 radical (unpaired) electrons. The summed E-state index contributed by atoms with van der Waals surface area (Å²) in [5.41, 5.74) is 0. The minimum atomic E-state index is -0.745. The SMILES string of the molecule is CCC(=O)O.CCC(=O)O.CCC(=O)O.[CH3][SnH]. The molecule has 0 unspecified atom stereocenters. The van der Waals surface area contributed by atoms with Gasteiger partial charge in [-0.3, -0.25) is 14.4 Å². The molecule has 0 aromatic carbocycles. The molecular formula is C10H22O6Sn. The van der Waals surface area contributed by atoms with Gasteiger partial charge >= 0.3 is 45.4 Å². The monoisotopic (exact) mass is 358 g/mol. The van der Waals surface area contributed by atoms with Crippen LogP contribution in [-0.4, -0.2) is 55.8 Å². The summed E-state index contributed by atoms with van der Waals surface area (Å²) in [6.07, 6.45) is 0.667. The van der Waals surface area contributed by atoms with Crippen molar-refractivity contribution in [3.63, 3.8) is 0 Å². The molecule has 0 aromatic rings. The van der Waals surface area contributed by atoms with E-state index in [0.29, 0.717) is 0 Å². The Balaban J connectivity index is -0.0000000693. The molecule has 102 valence electrons. The zero-order valence-electron chi connectivity index (χ0n) is 10.8. The van der Waals surface area contributed by atoms with Crippen LogP contribution in [0.4, 0.5) is 0 Å². The van der Waals surface area contributed by atoms with Crippen LogP contribution in [0, 0.1) is 0 Å². The first-order valence-corrected chi connectivity index (χ1v) is 8.34. The first kappa shape index (κ1) is 25.2. The molecule has 0 saturated carbocycles. The molecule has 0 fully saturated rings. The Morgan fingerprint density at radius 1 is 0.706 bits per heavy atom. The van der Waals surface area contributed by atoms with Gasteiger partial charge in [-0.1, -0.05) is 20.8 Å². The summed E-state index contributed by atoms with van der Waals surface area (Å²) >= 11 is 1.35. The fourth-order valence-corrected chi connectivity index (χ4v) is 0. The Labute approximate surface area is 115 Å². The van der Waals surface area contributed by atoms with Crippen LogP contribution in [0.25, 0.3) is 0 Å². The molecule has 0 spiro atoms. The van der Waals surface area contributed by atoms with Crippen LogP contribution in [0.5, 0.6) is 0 Å². The van der Waals surface area contributed by atoms with Crippen molar-refractivity contribution in [3.8, 4) is 0 Å². The maximum atomic E-state index is 9.37. The molecule has 6 nitrogen and oxygen atoms in total. The number of hydrogen-bond donors (Lipinski definition) is 3. The maximum absolute atomic E-state index is 9.37. The molecule has 0 heterocycles.